The predicted octanol–water partition coefficient (Wildman–Crippen LogP) is 3.59. The summed E-state index contributed by atoms with van der Waals surface area (Å²) in [6.45, 7) is 4.48. The Labute approximate surface area is 89.9 Å². The van der Waals surface area contributed by atoms with Crippen LogP contribution in [-0.4, -0.2) is 9.52 Å². The minimum absolute atomic E-state index is 0.942. The standard InChI is InChI=1S/C13H18Si/c1-3-12(4-2)10-14-11-13-8-6-5-7-9-13/h5-10H,3-4,11H2,1-2H3. The van der Waals surface area contributed by atoms with E-state index < -0.39 is 0 Å². The number of benzene rings is 1. The van der Waals surface area contributed by atoms with Crippen molar-refractivity contribution in [3.8, 4) is 0 Å². The molecule has 0 atom stereocenters. The molecule has 1 aromatic rings. The van der Waals surface area contributed by atoms with Gasteiger partial charge in [0.2, 0.25) is 0 Å². The fraction of sp³-hybridized carbons (Fsp3) is 0.385. The first-order valence-electron chi connectivity index (χ1n) is 5.32. The Kier molecular flexibility index (Phi) is 5.31. The van der Waals surface area contributed by atoms with Crippen LogP contribution in [0.25, 0.3) is 0 Å². The summed E-state index contributed by atoms with van der Waals surface area (Å²) in [7, 11) is 0.942. The summed E-state index contributed by atoms with van der Waals surface area (Å²) in [6, 6.07) is 11.9. The van der Waals surface area contributed by atoms with Crippen LogP contribution < -0.4 is 0 Å². The van der Waals surface area contributed by atoms with Crippen LogP contribution in [0, 0.1) is 0 Å². The second kappa shape index (κ2) is 6.60. The number of rotatable bonds is 5. The summed E-state index contributed by atoms with van der Waals surface area (Å²) in [5, 5.41) is 0. The summed E-state index contributed by atoms with van der Waals surface area (Å²) in [5.41, 5.74) is 5.47. The van der Waals surface area contributed by atoms with Crippen LogP contribution in [0.3, 0.4) is 0 Å². The van der Waals surface area contributed by atoms with Crippen LogP contribution in [-0.2, 0) is 6.04 Å². The van der Waals surface area contributed by atoms with Gasteiger partial charge >= 0.3 is 0 Å². The summed E-state index contributed by atoms with van der Waals surface area (Å²) in [5.74, 6) is 0. The van der Waals surface area contributed by atoms with Gasteiger partial charge < -0.3 is 0 Å². The molecule has 0 saturated heterocycles. The van der Waals surface area contributed by atoms with Crippen molar-refractivity contribution < 1.29 is 0 Å². The van der Waals surface area contributed by atoms with Crippen LogP contribution in [0.1, 0.15) is 32.3 Å². The summed E-state index contributed by atoms with van der Waals surface area (Å²) in [6.07, 6.45) is 2.41. The summed E-state index contributed by atoms with van der Waals surface area (Å²) < 4.78 is 0. The highest BCUT2D eigenvalue weighted by atomic mass is 28.2. The van der Waals surface area contributed by atoms with Crippen molar-refractivity contribution in [1.82, 2.24) is 0 Å². The zero-order valence-electron chi connectivity index (χ0n) is 9.09. The predicted molar refractivity (Wildman–Crippen MR) is 64.6 cm³/mol. The van der Waals surface area contributed by atoms with Crippen molar-refractivity contribution in [3.63, 3.8) is 0 Å². The van der Waals surface area contributed by atoms with Gasteiger partial charge in [-0.3, -0.25) is 0 Å². The van der Waals surface area contributed by atoms with E-state index in [9.17, 15) is 0 Å². The second-order valence-corrected chi connectivity index (χ2v) is 4.43. The first-order valence-corrected chi connectivity index (χ1v) is 6.60. The van der Waals surface area contributed by atoms with Crippen molar-refractivity contribution in [2.24, 2.45) is 0 Å². The highest BCUT2D eigenvalue weighted by Crippen LogP contribution is 2.05. The third-order valence-electron chi connectivity index (χ3n) is 2.36. The Morgan fingerprint density at radius 2 is 1.79 bits per heavy atom. The number of hydrogen-bond acceptors (Lipinski definition) is 0. The van der Waals surface area contributed by atoms with Gasteiger partial charge in [-0.2, -0.15) is 0 Å². The molecular formula is C13H18Si. The second-order valence-electron chi connectivity index (χ2n) is 3.38. The fourth-order valence-corrected chi connectivity index (χ4v) is 2.63. The molecule has 0 aliphatic heterocycles. The third kappa shape index (κ3) is 3.92. The monoisotopic (exact) mass is 202 g/mol. The average molecular weight is 202 g/mol. The molecule has 0 aromatic heterocycles. The average Bonchev–Trinajstić information content (AvgIpc) is 2.26. The quantitative estimate of drug-likeness (QED) is 0.640. The van der Waals surface area contributed by atoms with Crippen molar-refractivity contribution in [2.75, 3.05) is 0 Å². The molecule has 0 spiro atoms. The van der Waals surface area contributed by atoms with E-state index in [0.29, 0.717) is 0 Å². The lowest BCUT2D eigenvalue weighted by Gasteiger charge is -2.00. The molecule has 0 nitrogen and oxygen atoms in total. The van der Waals surface area contributed by atoms with E-state index in [0.717, 1.165) is 9.52 Å². The van der Waals surface area contributed by atoms with Gasteiger partial charge in [0, 0.05) is 0 Å². The van der Waals surface area contributed by atoms with Crippen molar-refractivity contribution >= 4 is 9.52 Å². The van der Waals surface area contributed by atoms with Crippen LogP contribution in [0.2, 0.25) is 0 Å². The topological polar surface area (TPSA) is 0 Å². The fourth-order valence-electron chi connectivity index (χ4n) is 1.36. The highest BCUT2D eigenvalue weighted by molar-refractivity contribution is 6.41. The molecule has 74 valence electrons. The van der Waals surface area contributed by atoms with Gasteiger partial charge in [0.25, 0.3) is 0 Å². The lowest BCUT2D eigenvalue weighted by molar-refractivity contribution is 0.982. The van der Waals surface area contributed by atoms with Crippen molar-refractivity contribution in [3.05, 3.63) is 47.2 Å². The maximum atomic E-state index is 2.42. The molecule has 1 rings (SSSR count). The molecule has 0 unspecified atom stereocenters. The van der Waals surface area contributed by atoms with E-state index in [1.54, 1.807) is 5.57 Å². The smallest absolute Gasteiger partial charge is 0.0750 e. The molecule has 1 heteroatoms. The first-order chi connectivity index (χ1) is 6.86. The summed E-state index contributed by atoms with van der Waals surface area (Å²) >= 11 is 0. The lowest BCUT2D eigenvalue weighted by Crippen LogP contribution is -1.94. The normalized spacial score (nSPS) is 9.86. The van der Waals surface area contributed by atoms with Crippen LogP contribution in [0.15, 0.2) is 41.6 Å². The zero-order valence-corrected chi connectivity index (χ0v) is 10.1. The van der Waals surface area contributed by atoms with Gasteiger partial charge in [0.05, 0.1) is 9.52 Å². The zero-order chi connectivity index (χ0) is 10.2. The van der Waals surface area contributed by atoms with E-state index in [4.69, 9.17) is 0 Å². The maximum absolute atomic E-state index is 2.42. The van der Waals surface area contributed by atoms with E-state index >= 15 is 0 Å². The molecule has 14 heavy (non-hydrogen) atoms. The Bertz CT molecular complexity index is 269. The van der Waals surface area contributed by atoms with Crippen molar-refractivity contribution in [2.45, 2.75) is 32.7 Å². The van der Waals surface area contributed by atoms with E-state index in [1.165, 1.54) is 24.4 Å². The van der Waals surface area contributed by atoms with Gasteiger partial charge in [0.1, 0.15) is 0 Å². The molecule has 0 aliphatic carbocycles. The molecule has 2 radical (unpaired) electrons. The molecule has 0 saturated carbocycles. The van der Waals surface area contributed by atoms with E-state index in [1.807, 2.05) is 0 Å². The minimum atomic E-state index is 0.942. The molecule has 0 bridgehead atoms. The van der Waals surface area contributed by atoms with Gasteiger partial charge in [-0.1, -0.05) is 61.0 Å². The van der Waals surface area contributed by atoms with Gasteiger partial charge in [-0.15, -0.1) is 0 Å². The lowest BCUT2D eigenvalue weighted by atomic mass is 10.2. The van der Waals surface area contributed by atoms with Gasteiger partial charge in [-0.05, 0) is 18.9 Å². The molecule has 1 aromatic carbocycles. The van der Waals surface area contributed by atoms with Gasteiger partial charge in [-0.25, -0.2) is 0 Å². The number of allylic oxidation sites excluding steroid dienone is 1. The molecule has 0 heterocycles. The minimum Gasteiger partial charge on any atom is -0.0993 e. The third-order valence-corrected chi connectivity index (χ3v) is 3.59. The Morgan fingerprint density at radius 1 is 1.14 bits per heavy atom. The first kappa shape index (κ1) is 11.3. The van der Waals surface area contributed by atoms with Crippen molar-refractivity contribution in [1.29, 1.82) is 0 Å². The molecule has 0 aliphatic rings. The highest BCUT2D eigenvalue weighted by Gasteiger charge is 1.92. The SMILES string of the molecule is CCC(=C[Si]Cc1ccccc1)CC. The summed E-state index contributed by atoms with van der Waals surface area (Å²) in [4.78, 5) is 0. The van der Waals surface area contributed by atoms with E-state index in [2.05, 4.69) is 49.9 Å². The molecule has 0 amide bonds. The molecule has 0 fully saturated rings. The Hall–Kier alpha value is -0.823. The van der Waals surface area contributed by atoms with Crippen LogP contribution in [0.5, 0.6) is 0 Å². The van der Waals surface area contributed by atoms with E-state index in [-0.39, 0.29) is 0 Å². The maximum Gasteiger partial charge on any atom is 0.0750 e. The van der Waals surface area contributed by atoms with Crippen LogP contribution in [0.4, 0.5) is 0 Å². The molecule has 0 N–H and O–H groups in total. The Balaban J connectivity index is 2.38. The Morgan fingerprint density at radius 3 is 2.36 bits per heavy atom. The number of hydrogen-bond donors (Lipinski definition) is 0. The largest absolute Gasteiger partial charge is 0.0993 e. The molecular weight excluding hydrogens is 184 g/mol. The van der Waals surface area contributed by atoms with Crippen LogP contribution >= 0.6 is 0 Å². The van der Waals surface area contributed by atoms with Gasteiger partial charge in [0.15, 0.2) is 0 Å².